The summed E-state index contributed by atoms with van der Waals surface area (Å²) in [6.07, 6.45) is 8.79. The number of likely N-dealkylation sites (tertiary alicyclic amines) is 1. The van der Waals surface area contributed by atoms with Crippen molar-refractivity contribution in [3.8, 4) is 0 Å². The van der Waals surface area contributed by atoms with Gasteiger partial charge in [0.05, 0.1) is 11.8 Å². The van der Waals surface area contributed by atoms with Crippen LogP contribution in [0.25, 0.3) is 0 Å². The third-order valence-electron chi connectivity index (χ3n) is 6.47. The highest BCUT2D eigenvalue weighted by Crippen LogP contribution is 2.38. The fourth-order valence-corrected chi connectivity index (χ4v) is 4.74. The lowest BCUT2D eigenvalue weighted by Gasteiger charge is -2.24. The Morgan fingerprint density at radius 1 is 0.893 bits per heavy atom. The molecule has 0 unspecified atom stereocenters. The number of nitrogens with zero attached hydrogens (tertiary/aromatic N) is 1. The molecule has 156 valence electrons. The highest BCUT2D eigenvalue weighted by Gasteiger charge is 2.51. The van der Waals surface area contributed by atoms with Gasteiger partial charge in [-0.1, -0.05) is 38.5 Å². The Labute approximate surface area is 166 Å². The van der Waals surface area contributed by atoms with Gasteiger partial charge in [-0.15, -0.1) is 0 Å². The van der Waals surface area contributed by atoms with Crippen LogP contribution in [0.3, 0.4) is 0 Å². The van der Waals surface area contributed by atoms with Crippen molar-refractivity contribution in [2.45, 2.75) is 96.2 Å². The molecule has 1 heterocycles. The van der Waals surface area contributed by atoms with Gasteiger partial charge in [0.1, 0.15) is 6.04 Å². The molecule has 3 aliphatic rings. The average Bonchev–Trinajstić information content (AvgIpc) is 2.85. The smallest absolute Gasteiger partial charge is 0.329 e. The van der Waals surface area contributed by atoms with Crippen molar-refractivity contribution in [3.63, 3.8) is 0 Å². The molecule has 3 amide bonds. The van der Waals surface area contributed by atoms with Crippen LogP contribution >= 0.6 is 0 Å². The molecular formula is C21H32N2O5. The minimum atomic E-state index is -1.00. The number of imide groups is 1. The quantitative estimate of drug-likeness (QED) is 0.440. The van der Waals surface area contributed by atoms with Crippen LogP contribution in [-0.4, -0.2) is 46.8 Å². The molecule has 0 aromatic carbocycles. The summed E-state index contributed by atoms with van der Waals surface area (Å²) in [6.45, 7) is 3.04. The molecule has 0 aromatic rings. The zero-order valence-corrected chi connectivity index (χ0v) is 16.9. The maximum absolute atomic E-state index is 12.6. The van der Waals surface area contributed by atoms with Crippen molar-refractivity contribution in [1.29, 1.82) is 0 Å². The minimum absolute atomic E-state index is 0.124. The van der Waals surface area contributed by atoms with E-state index in [4.69, 9.17) is 4.74 Å². The summed E-state index contributed by atoms with van der Waals surface area (Å²) < 4.78 is 5.31. The second-order valence-corrected chi connectivity index (χ2v) is 8.50. The summed E-state index contributed by atoms with van der Waals surface area (Å²) in [6, 6.07) is -0.878. The molecule has 0 bridgehead atoms. The first-order chi connectivity index (χ1) is 13.4. The van der Waals surface area contributed by atoms with Crippen molar-refractivity contribution in [1.82, 2.24) is 10.2 Å². The maximum Gasteiger partial charge on any atom is 0.329 e. The first-order valence-electron chi connectivity index (χ1n) is 10.8. The van der Waals surface area contributed by atoms with Crippen LogP contribution in [-0.2, 0) is 23.9 Å². The Morgan fingerprint density at radius 3 is 1.93 bits per heavy atom. The van der Waals surface area contributed by atoms with Crippen LogP contribution in [0.4, 0.5) is 0 Å². The third kappa shape index (κ3) is 4.39. The Kier molecular flexibility index (Phi) is 6.73. The van der Waals surface area contributed by atoms with E-state index in [0.29, 0.717) is 12.8 Å². The van der Waals surface area contributed by atoms with Gasteiger partial charge in [0.2, 0.25) is 11.8 Å². The fraction of sp³-hybridized carbons (Fsp3) is 0.810. The number of ether oxygens (including phenoxy) is 1. The Hall–Kier alpha value is -1.92. The predicted octanol–water partition coefficient (Wildman–Crippen LogP) is 2.32. The second-order valence-electron chi connectivity index (χ2n) is 8.50. The molecule has 7 nitrogen and oxygen atoms in total. The molecule has 2 aliphatic carbocycles. The van der Waals surface area contributed by atoms with Crippen molar-refractivity contribution >= 4 is 23.7 Å². The van der Waals surface area contributed by atoms with Crippen LogP contribution in [0.15, 0.2) is 0 Å². The zero-order chi connectivity index (χ0) is 20.3. The predicted molar refractivity (Wildman–Crippen MR) is 102 cm³/mol. The number of nitrogens with one attached hydrogen (secondary N) is 1. The number of carbonyl (C=O) groups excluding carboxylic acids is 4. The molecule has 1 N–H and O–H groups in total. The van der Waals surface area contributed by atoms with E-state index in [1.54, 1.807) is 0 Å². The van der Waals surface area contributed by atoms with E-state index in [2.05, 4.69) is 5.32 Å². The van der Waals surface area contributed by atoms with Crippen molar-refractivity contribution in [3.05, 3.63) is 0 Å². The lowest BCUT2D eigenvalue weighted by molar-refractivity contribution is -0.164. The molecule has 4 atom stereocenters. The molecule has 3 rings (SSSR count). The number of amides is 3. The maximum atomic E-state index is 12.6. The summed E-state index contributed by atoms with van der Waals surface area (Å²) in [5, 5.41) is 2.97. The van der Waals surface area contributed by atoms with Gasteiger partial charge in [0.15, 0.2) is 6.10 Å². The number of fused-ring (bicyclic) bond motifs is 1. The molecule has 1 aliphatic heterocycles. The highest BCUT2D eigenvalue weighted by molar-refractivity contribution is 6.07. The lowest BCUT2D eigenvalue weighted by atomic mass is 9.81. The summed E-state index contributed by atoms with van der Waals surface area (Å²) in [5.41, 5.74) is 0. The zero-order valence-electron chi connectivity index (χ0n) is 16.9. The largest absolute Gasteiger partial charge is 0.451 e. The molecule has 7 heteroatoms. The van der Waals surface area contributed by atoms with Crippen molar-refractivity contribution < 1.29 is 23.9 Å². The summed E-state index contributed by atoms with van der Waals surface area (Å²) >= 11 is 0. The highest BCUT2D eigenvalue weighted by atomic mass is 16.5. The minimum Gasteiger partial charge on any atom is -0.451 e. The van der Waals surface area contributed by atoms with Gasteiger partial charge in [-0.2, -0.15) is 0 Å². The van der Waals surface area contributed by atoms with Gasteiger partial charge in [-0.05, 0) is 39.5 Å². The van der Waals surface area contributed by atoms with Gasteiger partial charge in [-0.25, -0.2) is 4.79 Å². The van der Waals surface area contributed by atoms with Gasteiger partial charge in [-0.3, -0.25) is 19.3 Å². The van der Waals surface area contributed by atoms with Crippen LogP contribution in [0.5, 0.6) is 0 Å². The van der Waals surface area contributed by atoms with E-state index in [1.165, 1.54) is 26.7 Å². The molecule has 28 heavy (non-hydrogen) atoms. The van der Waals surface area contributed by atoms with E-state index in [0.717, 1.165) is 43.4 Å². The topological polar surface area (TPSA) is 92.8 Å². The summed E-state index contributed by atoms with van der Waals surface area (Å²) in [4.78, 5) is 51.3. The summed E-state index contributed by atoms with van der Waals surface area (Å²) in [5.74, 6) is -2.16. The monoisotopic (exact) mass is 392 g/mol. The average molecular weight is 392 g/mol. The molecule has 1 saturated heterocycles. The Balaban J connectivity index is 1.55. The van der Waals surface area contributed by atoms with E-state index in [-0.39, 0.29) is 35.6 Å². The number of carbonyl (C=O) groups is 4. The van der Waals surface area contributed by atoms with E-state index < -0.39 is 18.1 Å². The number of hydrogen-bond donors (Lipinski definition) is 1. The first-order valence-corrected chi connectivity index (χ1v) is 10.8. The number of hydrogen-bond acceptors (Lipinski definition) is 5. The number of rotatable bonds is 5. The molecule has 3 fully saturated rings. The van der Waals surface area contributed by atoms with Crippen LogP contribution in [0.2, 0.25) is 0 Å². The SMILES string of the molecule is C[C@H](OC(=O)[C@H](C)N1C(=O)[C@H]2CCCC[C@@H]2C1=O)C(=O)NC1CCCCCC1. The van der Waals surface area contributed by atoms with E-state index >= 15 is 0 Å². The normalized spacial score (nSPS) is 28.3. The molecule has 0 spiro atoms. The van der Waals surface area contributed by atoms with Gasteiger partial charge >= 0.3 is 5.97 Å². The van der Waals surface area contributed by atoms with Gasteiger partial charge in [0.25, 0.3) is 5.91 Å². The fourth-order valence-electron chi connectivity index (χ4n) is 4.74. The van der Waals surface area contributed by atoms with Crippen LogP contribution in [0, 0.1) is 11.8 Å². The van der Waals surface area contributed by atoms with E-state index in [9.17, 15) is 19.2 Å². The molecule has 2 saturated carbocycles. The standard InChI is InChI=1S/C21H32N2O5/c1-13(23-19(25)16-11-7-8-12-17(16)20(23)26)21(27)28-14(2)18(24)22-15-9-5-3-4-6-10-15/h13-17H,3-12H2,1-2H3,(H,22,24)/t13-,14-,16-,17-/m0/s1. The lowest BCUT2D eigenvalue weighted by Crippen LogP contribution is -2.47. The second kappa shape index (κ2) is 9.05. The van der Waals surface area contributed by atoms with Crippen molar-refractivity contribution in [2.24, 2.45) is 11.8 Å². The number of esters is 1. The van der Waals surface area contributed by atoms with Crippen LogP contribution in [0.1, 0.15) is 78.1 Å². The molecule has 0 radical (unpaired) electrons. The van der Waals surface area contributed by atoms with Crippen molar-refractivity contribution in [2.75, 3.05) is 0 Å². The van der Waals surface area contributed by atoms with Gasteiger partial charge in [0, 0.05) is 6.04 Å². The Bertz CT molecular complexity index is 602. The summed E-state index contributed by atoms with van der Waals surface area (Å²) in [7, 11) is 0. The van der Waals surface area contributed by atoms with Gasteiger partial charge < -0.3 is 10.1 Å². The van der Waals surface area contributed by atoms with Crippen LogP contribution < -0.4 is 5.32 Å². The Morgan fingerprint density at radius 2 is 1.39 bits per heavy atom. The molecule has 0 aromatic heterocycles. The van der Waals surface area contributed by atoms with E-state index in [1.807, 2.05) is 0 Å². The third-order valence-corrected chi connectivity index (χ3v) is 6.47. The molecular weight excluding hydrogens is 360 g/mol. The first kappa shape index (κ1) is 20.8.